The monoisotopic (exact) mass is 167 g/mol. The third-order valence-corrected chi connectivity index (χ3v) is 1.80. The first-order valence-corrected chi connectivity index (χ1v) is 4.70. The second-order valence-corrected chi connectivity index (χ2v) is 3.01. The van der Waals surface area contributed by atoms with Gasteiger partial charge in [-0.1, -0.05) is 19.8 Å². The molecule has 0 aromatic carbocycles. The number of nitrogens with zero attached hydrogens (tertiary/aromatic N) is 1. The Labute approximate surface area is 74.6 Å². The Kier molecular flexibility index (Phi) is 7.68. The van der Waals surface area contributed by atoms with Gasteiger partial charge < -0.3 is 0 Å². The molecule has 0 aliphatic heterocycles. The predicted molar refractivity (Wildman–Crippen MR) is 48.6 cm³/mol. The highest BCUT2D eigenvalue weighted by atomic mass is 16.1. The van der Waals surface area contributed by atoms with E-state index in [4.69, 9.17) is 5.26 Å². The summed E-state index contributed by atoms with van der Waals surface area (Å²) < 4.78 is 0. The molecule has 0 atom stereocenters. The van der Waals surface area contributed by atoms with Crippen LogP contribution in [0.25, 0.3) is 0 Å². The van der Waals surface area contributed by atoms with E-state index < -0.39 is 0 Å². The molecule has 0 rings (SSSR count). The molecule has 0 saturated carbocycles. The van der Waals surface area contributed by atoms with E-state index in [0.717, 1.165) is 25.7 Å². The van der Waals surface area contributed by atoms with Gasteiger partial charge in [0.05, 0.1) is 6.07 Å². The molecular weight excluding hydrogens is 150 g/mol. The van der Waals surface area contributed by atoms with Gasteiger partial charge in [-0.25, -0.2) is 0 Å². The number of hydrogen-bond donors (Lipinski definition) is 0. The van der Waals surface area contributed by atoms with E-state index in [1.807, 2.05) is 6.07 Å². The second-order valence-electron chi connectivity index (χ2n) is 3.01. The molecular formula is C10H17NO. The summed E-state index contributed by atoms with van der Waals surface area (Å²) in [6.07, 6.45) is 5.87. The lowest BCUT2D eigenvalue weighted by atomic mass is 10.1. The molecule has 68 valence electrons. The zero-order valence-electron chi connectivity index (χ0n) is 7.81. The summed E-state index contributed by atoms with van der Waals surface area (Å²) in [6, 6.07) is 2.04. The highest BCUT2D eigenvalue weighted by Gasteiger charge is 2.00. The number of ketones is 1. The lowest BCUT2D eigenvalue weighted by molar-refractivity contribution is -0.119. The molecule has 0 N–H and O–H groups in total. The van der Waals surface area contributed by atoms with Crippen molar-refractivity contribution < 1.29 is 4.79 Å². The van der Waals surface area contributed by atoms with Crippen molar-refractivity contribution in [3.05, 3.63) is 0 Å². The van der Waals surface area contributed by atoms with Gasteiger partial charge in [0, 0.05) is 19.3 Å². The summed E-state index contributed by atoms with van der Waals surface area (Å²) in [5.74, 6) is 0.318. The fourth-order valence-corrected chi connectivity index (χ4v) is 1.06. The normalized spacial score (nSPS) is 9.33. The number of nitriles is 1. The first-order valence-electron chi connectivity index (χ1n) is 4.70. The highest BCUT2D eigenvalue weighted by molar-refractivity contribution is 5.78. The molecule has 0 fully saturated rings. The van der Waals surface area contributed by atoms with Gasteiger partial charge in [0.25, 0.3) is 0 Å². The topological polar surface area (TPSA) is 40.9 Å². The van der Waals surface area contributed by atoms with Crippen LogP contribution in [-0.2, 0) is 4.79 Å². The van der Waals surface area contributed by atoms with Gasteiger partial charge in [-0.05, 0) is 12.8 Å². The van der Waals surface area contributed by atoms with Crippen LogP contribution in [0.5, 0.6) is 0 Å². The van der Waals surface area contributed by atoms with Crippen molar-refractivity contribution in [1.29, 1.82) is 5.26 Å². The fourth-order valence-electron chi connectivity index (χ4n) is 1.06. The molecule has 0 spiro atoms. The van der Waals surface area contributed by atoms with Crippen molar-refractivity contribution in [3.8, 4) is 6.07 Å². The van der Waals surface area contributed by atoms with Gasteiger partial charge in [0.2, 0.25) is 0 Å². The average molecular weight is 167 g/mol. The SMILES string of the molecule is CCCCCC(=O)CCCC#N. The zero-order chi connectivity index (χ0) is 9.23. The Bertz CT molecular complexity index is 158. The lowest BCUT2D eigenvalue weighted by Crippen LogP contribution is -1.96. The Morgan fingerprint density at radius 1 is 1.25 bits per heavy atom. The first-order chi connectivity index (χ1) is 5.81. The molecule has 2 heteroatoms. The Morgan fingerprint density at radius 3 is 2.50 bits per heavy atom. The van der Waals surface area contributed by atoms with Gasteiger partial charge in [-0.3, -0.25) is 4.79 Å². The molecule has 2 nitrogen and oxygen atoms in total. The minimum atomic E-state index is 0.318. The largest absolute Gasteiger partial charge is 0.300 e. The van der Waals surface area contributed by atoms with Crippen LogP contribution in [0.15, 0.2) is 0 Å². The van der Waals surface area contributed by atoms with Gasteiger partial charge in [-0.2, -0.15) is 5.26 Å². The Morgan fingerprint density at radius 2 is 1.92 bits per heavy atom. The minimum Gasteiger partial charge on any atom is -0.300 e. The fraction of sp³-hybridized carbons (Fsp3) is 0.800. The van der Waals surface area contributed by atoms with E-state index in [0.29, 0.717) is 25.0 Å². The van der Waals surface area contributed by atoms with Crippen LogP contribution >= 0.6 is 0 Å². The van der Waals surface area contributed by atoms with E-state index in [9.17, 15) is 4.79 Å². The summed E-state index contributed by atoms with van der Waals surface area (Å²) in [4.78, 5) is 11.1. The third kappa shape index (κ3) is 7.27. The maximum Gasteiger partial charge on any atom is 0.132 e. The summed E-state index contributed by atoms with van der Waals surface area (Å²) in [6.45, 7) is 2.13. The number of carbonyl (C=O) groups is 1. The van der Waals surface area contributed by atoms with Crippen molar-refractivity contribution in [1.82, 2.24) is 0 Å². The van der Waals surface area contributed by atoms with E-state index in [2.05, 4.69) is 6.92 Å². The molecule has 0 unspecified atom stereocenters. The number of rotatable bonds is 7. The number of hydrogen-bond acceptors (Lipinski definition) is 2. The summed E-state index contributed by atoms with van der Waals surface area (Å²) in [7, 11) is 0. The molecule has 12 heavy (non-hydrogen) atoms. The number of unbranched alkanes of at least 4 members (excludes halogenated alkanes) is 3. The standard InChI is InChI=1S/C10H17NO/c1-2-3-4-7-10(12)8-5-6-9-11/h2-8H2,1H3. The average Bonchev–Trinajstić information content (AvgIpc) is 2.06. The molecule has 0 aromatic rings. The number of carbonyl (C=O) groups excluding carboxylic acids is 1. The highest BCUT2D eigenvalue weighted by Crippen LogP contribution is 2.04. The molecule has 0 saturated heterocycles. The van der Waals surface area contributed by atoms with E-state index >= 15 is 0 Å². The second kappa shape index (κ2) is 8.26. The van der Waals surface area contributed by atoms with Gasteiger partial charge in [0.1, 0.15) is 5.78 Å². The van der Waals surface area contributed by atoms with Crippen molar-refractivity contribution in [2.24, 2.45) is 0 Å². The third-order valence-electron chi connectivity index (χ3n) is 1.80. The van der Waals surface area contributed by atoms with Crippen LogP contribution in [0, 0.1) is 11.3 Å². The van der Waals surface area contributed by atoms with E-state index in [1.165, 1.54) is 0 Å². The van der Waals surface area contributed by atoms with E-state index in [1.54, 1.807) is 0 Å². The number of Topliss-reactive ketones (excluding diaryl/α,β-unsaturated/α-hetero) is 1. The van der Waals surface area contributed by atoms with Crippen LogP contribution in [-0.4, -0.2) is 5.78 Å². The van der Waals surface area contributed by atoms with Crippen molar-refractivity contribution >= 4 is 5.78 Å². The van der Waals surface area contributed by atoms with Gasteiger partial charge >= 0.3 is 0 Å². The predicted octanol–water partition coefficient (Wildman–Crippen LogP) is 2.83. The quantitative estimate of drug-likeness (QED) is 0.547. The minimum absolute atomic E-state index is 0.318. The zero-order valence-corrected chi connectivity index (χ0v) is 7.81. The molecule has 0 aliphatic rings. The van der Waals surface area contributed by atoms with Crippen molar-refractivity contribution in [2.45, 2.75) is 51.9 Å². The van der Waals surface area contributed by atoms with Crippen molar-refractivity contribution in [2.75, 3.05) is 0 Å². The van der Waals surface area contributed by atoms with Crippen LogP contribution in [0.2, 0.25) is 0 Å². The maximum atomic E-state index is 11.1. The molecule has 0 aliphatic carbocycles. The summed E-state index contributed by atoms with van der Waals surface area (Å²) in [5, 5.41) is 8.23. The van der Waals surface area contributed by atoms with Crippen LogP contribution in [0.1, 0.15) is 51.9 Å². The summed E-state index contributed by atoms with van der Waals surface area (Å²) in [5.41, 5.74) is 0. The summed E-state index contributed by atoms with van der Waals surface area (Å²) >= 11 is 0. The molecule has 0 amide bonds. The Hall–Kier alpha value is -0.840. The van der Waals surface area contributed by atoms with Gasteiger partial charge in [0.15, 0.2) is 0 Å². The first kappa shape index (κ1) is 11.2. The van der Waals surface area contributed by atoms with Crippen LogP contribution in [0.3, 0.4) is 0 Å². The maximum absolute atomic E-state index is 11.1. The van der Waals surface area contributed by atoms with Crippen molar-refractivity contribution in [3.63, 3.8) is 0 Å². The molecule has 0 heterocycles. The van der Waals surface area contributed by atoms with Crippen LogP contribution in [0.4, 0.5) is 0 Å². The van der Waals surface area contributed by atoms with Crippen LogP contribution < -0.4 is 0 Å². The smallest absolute Gasteiger partial charge is 0.132 e. The molecule has 0 radical (unpaired) electrons. The Balaban J connectivity index is 3.17. The lowest BCUT2D eigenvalue weighted by Gasteiger charge is -1.97. The van der Waals surface area contributed by atoms with Gasteiger partial charge in [-0.15, -0.1) is 0 Å². The molecule has 0 bridgehead atoms. The molecule has 0 aromatic heterocycles. The van der Waals surface area contributed by atoms with E-state index in [-0.39, 0.29) is 0 Å².